The van der Waals surface area contributed by atoms with Gasteiger partial charge in [0.2, 0.25) is 0 Å². The van der Waals surface area contributed by atoms with Gasteiger partial charge in [-0.05, 0) is 49.5 Å². The molecule has 0 unspecified atom stereocenters. The van der Waals surface area contributed by atoms with Crippen molar-refractivity contribution in [1.82, 2.24) is 14.3 Å². The van der Waals surface area contributed by atoms with Crippen LogP contribution in [0, 0.1) is 0 Å². The highest BCUT2D eigenvalue weighted by atomic mass is 32.1. The Balaban J connectivity index is 1.79. The van der Waals surface area contributed by atoms with Gasteiger partial charge in [0.1, 0.15) is 4.83 Å². The van der Waals surface area contributed by atoms with Crippen molar-refractivity contribution in [2.45, 2.75) is 20.3 Å². The third-order valence-electron chi connectivity index (χ3n) is 3.58. The molecule has 0 aromatic carbocycles. The van der Waals surface area contributed by atoms with Crippen LogP contribution in [0.2, 0.25) is 0 Å². The third-order valence-corrected chi connectivity index (χ3v) is 4.60. The first kappa shape index (κ1) is 15.4. The van der Waals surface area contributed by atoms with E-state index in [-0.39, 0.29) is 5.56 Å². The van der Waals surface area contributed by atoms with Crippen LogP contribution in [0.15, 0.2) is 58.1 Å². The van der Waals surface area contributed by atoms with Gasteiger partial charge in [0.25, 0.3) is 5.56 Å². The van der Waals surface area contributed by atoms with Gasteiger partial charge in [-0.3, -0.25) is 4.79 Å². The second kappa shape index (κ2) is 6.34. The lowest BCUT2D eigenvalue weighted by molar-refractivity contribution is 0.245. The van der Waals surface area contributed by atoms with Crippen molar-refractivity contribution in [2.24, 2.45) is 0 Å². The van der Waals surface area contributed by atoms with E-state index in [2.05, 4.69) is 29.4 Å². The fourth-order valence-electron chi connectivity index (χ4n) is 2.44. The summed E-state index contributed by atoms with van der Waals surface area (Å²) < 4.78 is 1.12. The number of hydrogen-bond donors (Lipinski definition) is 1. The highest BCUT2D eigenvalue weighted by Crippen LogP contribution is 2.16. The Morgan fingerprint density at radius 3 is 3.00 bits per heavy atom. The van der Waals surface area contributed by atoms with Crippen molar-refractivity contribution in [2.75, 3.05) is 6.54 Å². The number of carbonyl (C=O) groups is 1. The van der Waals surface area contributed by atoms with Crippen LogP contribution in [0.4, 0.5) is 4.79 Å². The van der Waals surface area contributed by atoms with Gasteiger partial charge in [-0.15, -0.1) is 0 Å². The van der Waals surface area contributed by atoms with Gasteiger partial charge in [0.15, 0.2) is 0 Å². The number of rotatable bonds is 2. The van der Waals surface area contributed by atoms with Crippen molar-refractivity contribution in [3.8, 4) is 0 Å². The van der Waals surface area contributed by atoms with Crippen LogP contribution < -0.4 is 10.9 Å². The van der Waals surface area contributed by atoms with Crippen molar-refractivity contribution in [3.63, 3.8) is 0 Å². The maximum atomic E-state index is 12.3. The summed E-state index contributed by atoms with van der Waals surface area (Å²) in [6.45, 7) is 4.48. The minimum Gasteiger partial charge on any atom is -0.333 e. The first-order chi connectivity index (χ1) is 11.0. The monoisotopic (exact) mass is 327 g/mol. The number of hydrogen-bond acceptors (Lipinski definition) is 4. The van der Waals surface area contributed by atoms with Gasteiger partial charge in [0.05, 0.1) is 5.39 Å². The Kier molecular flexibility index (Phi) is 4.25. The SMILES string of the molecule is CC1=CCC(C)=CC(CNC(=O)n2sc3ncccc3c2=O)=C1. The molecule has 0 aliphatic heterocycles. The first-order valence-electron chi connectivity index (χ1n) is 7.34. The minimum absolute atomic E-state index is 0.326. The van der Waals surface area contributed by atoms with Gasteiger partial charge in [-0.2, -0.15) is 3.96 Å². The molecule has 1 aliphatic carbocycles. The number of nitrogens with one attached hydrogen (secondary N) is 1. The largest absolute Gasteiger partial charge is 0.338 e. The fraction of sp³-hybridized carbons (Fsp3) is 0.235. The molecule has 0 fully saturated rings. The summed E-state index contributed by atoms with van der Waals surface area (Å²) in [6.07, 6.45) is 8.80. The molecule has 1 aliphatic rings. The predicted molar refractivity (Wildman–Crippen MR) is 92.9 cm³/mol. The van der Waals surface area contributed by atoms with E-state index in [1.165, 1.54) is 11.1 Å². The number of carbonyl (C=O) groups excluding carboxylic acids is 1. The maximum Gasteiger partial charge on any atom is 0.338 e. The average Bonchev–Trinajstić information content (AvgIpc) is 2.78. The summed E-state index contributed by atoms with van der Waals surface area (Å²) >= 11 is 1.06. The van der Waals surface area contributed by atoms with Crippen LogP contribution in [0.25, 0.3) is 10.2 Å². The molecule has 5 nitrogen and oxygen atoms in total. The standard InChI is InChI=1S/C17H17N3O2S/c1-11-5-6-12(2)9-13(8-11)10-19-17(22)20-16(21)14-4-3-7-18-15(14)23-20/h3-5,7-9H,6,10H2,1-2H3,(H,19,22). The Bertz CT molecular complexity index is 915. The molecule has 23 heavy (non-hydrogen) atoms. The Hall–Kier alpha value is -2.47. The quantitative estimate of drug-likeness (QED) is 0.921. The Morgan fingerprint density at radius 2 is 2.22 bits per heavy atom. The molecular weight excluding hydrogens is 310 g/mol. The second-order valence-corrected chi connectivity index (χ2v) is 6.50. The fourth-order valence-corrected chi connectivity index (χ4v) is 3.30. The zero-order valence-electron chi connectivity index (χ0n) is 13.0. The molecule has 0 radical (unpaired) electrons. The van der Waals surface area contributed by atoms with E-state index in [0.717, 1.165) is 27.5 Å². The van der Waals surface area contributed by atoms with E-state index >= 15 is 0 Å². The summed E-state index contributed by atoms with van der Waals surface area (Å²) in [5.41, 5.74) is 3.11. The molecular formula is C17H17N3O2S. The zero-order valence-corrected chi connectivity index (χ0v) is 13.8. The Morgan fingerprint density at radius 1 is 1.39 bits per heavy atom. The lowest BCUT2D eigenvalue weighted by Crippen LogP contribution is -2.34. The van der Waals surface area contributed by atoms with Crippen molar-refractivity contribution in [3.05, 3.63) is 63.6 Å². The smallest absolute Gasteiger partial charge is 0.333 e. The molecule has 118 valence electrons. The molecule has 3 rings (SSSR count). The molecule has 0 spiro atoms. The molecule has 0 saturated carbocycles. The minimum atomic E-state index is -0.421. The Labute approximate surface area is 137 Å². The molecule has 0 atom stereocenters. The maximum absolute atomic E-state index is 12.3. The number of pyridine rings is 1. The van der Waals surface area contributed by atoms with Crippen molar-refractivity contribution < 1.29 is 4.79 Å². The summed E-state index contributed by atoms with van der Waals surface area (Å²) in [6, 6.07) is 2.95. The van der Waals surface area contributed by atoms with E-state index < -0.39 is 6.03 Å². The van der Waals surface area contributed by atoms with E-state index in [4.69, 9.17) is 0 Å². The van der Waals surface area contributed by atoms with Crippen molar-refractivity contribution >= 4 is 27.8 Å². The number of allylic oxidation sites excluding steroid dienone is 4. The zero-order chi connectivity index (χ0) is 16.4. The lowest BCUT2D eigenvalue weighted by atomic mass is 10.1. The van der Waals surface area contributed by atoms with Crippen molar-refractivity contribution in [1.29, 1.82) is 0 Å². The van der Waals surface area contributed by atoms with Crippen LogP contribution in [0.3, 0.4) is 0 Å². The van der Waals surface area contributed by atoms with E-state index in [1.54, 1.807) is 18.3 Å². The van der Waals surface area contributed by atoms with E-state index in [9.17, 15) is 9.59 Å². The summed E-state index contributed by atoms with van der Waals surface area (Å²) in [5.74, 6) is 0. The number of nitrogens with zero attached hydrogens (tertiary/aromatic N) is 2. The van der Waals surface area contributed by atoms with Crippen LogP contribution in [-0.2, 0) is 0 Å². The van der Waals surface area contributed by atoms with Gasteiger partial charge < -0.3 is 5.32 Å². The van der Waals surface area contributed by atoms with Crippen LogP contribution in [0.1, 0.15) is 20.3 Å². The lowest BCUT2D eigenvalue weighted by Gasteiger charge is -2.06. The van der Waals surface area contributed by atoms with Gasteiger partial charge >= 0.3 is 6.03 Å². The van der Waals surface area contributed by atoms with Crippen LogP contribution in [-0.4, -0.2) is 21.5 Å². The second-order valence-electron chi connectivity index (χ2n) is 5.57. The molecule has 6 heteroatoms. The van der Waals surface area contributed by atoms with Gasteiger partial charge in [-0.1, -0.05) is 29.4 Å². The third kappa shape index (κ3) is 3.32. The molecule has 2 aromatic rings. The number of amides is 1. The topological polar surface area (TPSA) is 64.0 Å². The molecule has 2 heterocycles. The first-order valence-corrected chi connectivity index (χ1v) is 8.11. The highest BCUT2D eigenvalue weighted by molar-refractivity contribution is 7.14. The highest BCUT2D eigenvalue weighted by Gasteiger charge is 2.14. The normalized spacial score (nSPS) is 14.8. The molecule has 0 bridgehead atoms. The van der Waals surface area contributed by atoms with Gasteiger partial charge in [-0.25, -0.2) is 9.78 Å². The predicted octanol–water partition coefficient (Wildman–Crippen LogP) is 3.24. The summed E-state index contributed by atoms with van der Waals surface area (Å²) in [4.78, 5) is 29.2. The molecule has 0 saturated heterocycles. The van der Waals surface area contributed by atoms with E-state index in [1.807, 2.05) is 13.0 Å². The summed E-state index contributed by atoms with van der Waals surface area (Å²) in [7, 11) is 0. The molecule has 1 N–H and O–H groups in total. The molecule has 2 aromatic heterocycles. The number of fused-ring (bicyclic) bond motifs is 1. The average molecular weight is 327 g/mol. The summed E-state index contributed by atoms with van der Waals surface area (Å²) in [5, 5.41) is 3.27. The van der Waals surface area contributed by atoms with E-state index in [0.29, 0.717) is 16.8 Å². The molecule has 1 amide bonds. The number of aromatic nitrogens is 2. The van der Waals surface area contributed by atoms with Crippen LogP contribution in [0.5, 0.6) is 0 Å². The van der Waals surface area contributed by atoms with Crippen LogP contribution >= 0.6 is 11.5 Å². The van der Waals surface area contributed by atoms with Gasteiger partial charge in [0, 0.05) is 12.7 Å².